The van der Waals surface area contributed by atoms with E-state index in [9.17, 15) is 0 Å². The molecule has 0 bridgehead atoms. The molecule has 0 amide bonds. The summed E-state index contributed by atoms with van der Waals surface area (Å²) in [5, 5.41) is 0. The van der Waals surface area contributed by atoms with E-state index in [1.807, 2.05) is 11.8 Å². The molecule has 0 saturated carbocycles. The van der Waals surface area contributed by atoms with Crippen molar-refractivity contribution in [1.82, 2.24) is 0 Å². The summed E-state index contributed by atoms with van der Waals surface area (Å²) in [5.74, 6) is 2.53. The molecular formula is C9H14S. The van der Waals surface area contributed by atoms with Gasteiger partial charge in [-0.1, -0.05) is 30.7 Å². The highest BCUT2D eigenvalue weighted by Crippen LogP contribution is 2.15. The van der Waals surface area contributed by atoms with Crippen LogP contribution >= 0.6 is 11.8 Å². The average Bonchev–Trinajstić information content (AvgIpc) is 2.41. The van der Waals surface area contributed by atoms with E-state index in [0.29, 0.717) is 0 Å². The van der Waals surface area contributed by atoms with E-state index in [1.54, 1.807) is 0 Å². The van der Waals surface area contributed by atoms with Crippen molar-refractivity contribution in [1.29, 1.82) is 0 Å². The van der Waals surface area contributed by atoms with Gasteiger partial charge in [-0.2, -0.15) is 11.8 Å². The smallest absolute Gasteiger partial charge is 0.00272 e. The van der Waals surface area contributed by atoms with Crippen molar-refractivity contribution >= 4 is 11.8 Å². The minimum absolute atomic E-state index is 1.16. The maximum Gasteiger partial charge on any atom is -0.00272 e. The van der Waals surface area contributed by atoms with Crippen molar-refractivity contribution < 1.29 is 0 Å². The van der Waals surface area contributed by atoms with E-state index < -0.39 is 0 Å². The molecular weight excluding hydrogens is 140 g/mol. The van der Waals surface area contributed by atoms with Crippen LogP contribution < -0.4 is 0 Å². The van der Waals surface area contributed by atoms with Gasteiger partial charge >= 0.3 is 0 Å². The molecule has 0 saturated heterocycles. The molecule has 0 atom stereocenters. The third-order valence-electron chi connectivity index (χ3n) is 1.59. The zero-order valence-electron chi connectivity index (χ0n) is 6.47. The molecule has 0 radical (unpaired) electrons. The quantitative estimate of drug-likeness (QED) is 0.561. The molecule has 1 heteroatoms. The van der Waals surface area contributed by atoms with Gasteiger partial charge in [-0.25, -0.2) is 0 Å². The average molecular weight is 154 g/mol. The molecule has 0 nitrogen and oxygen atoms in total. The second-order valence-electron chi connectivity index (χ2n) is 2.36. The summed E-state index contributed by atoms with van der Waals surface area (Å²) >= 11 is 2.02. The second-order valence-corrected chi connectivity index (χ2v) is 3.76. The van der Waals surface area contributed by atoms with Gasteiger partial charge in [0.05, 0.1) is 0 Å². The molecule has 1 aliphatic carbocycles. The lowest BCUT2D eigenvalue weighted by Crippen LogP contribution is -1.81. The number of thioether (sulfide) groups is 1. The van der Waals surface area contributed by atoms with Gasteiger partial charge in [0.1, 0.15) is 0 Å². The summed E-state index contributed by atoms with van der Waals surface area (Å²) in [4.78, 5) is 0. The predicted molar refractivity (Wildman–Crippen MR) is 49.5 cm³/mol. The van der Waals surface area contributed by atoms with E-state index in [2.05, 4.69) is 25.2 Å². The first-order valence-electron chi connectivity index (χ1n) is 3.87. The van der Waals surface area contributed by atoms with Crippen LogP contribution in [-0.4, -0.2) is 11.5 Å². The van der Waals surface area contributed by atoms with Gasteiger partial charge in [-0.15, -0.1) is 0 Å². The lowest BCUT2D eigenvalue weighted by Gasteiger charge is -1.96. The van der Waals surface area contributed by atoms with Crippen molar-refractivity contribution in [2.45, 2.75) is 19.8 Å². The second kappa shape index (κ2) is 4.62. The Bertz CT molecular complexity index is 145. The van der Waals surface area contributed by atoms with Crippen LogP contribution in [0.5, 0.6) is 0 Å². The molecule has 0 unspecified atom stereocenters. The Morgan fingerprint density at radius 3 is 3.10 bits per heavy atom. The fraction of sp³-hybridized carbons (Fsp3) is 0.556. The van der Waals surface area contributed by atoms with Gasteiger partial charge < -0.3 is 0 Å². The molecule has 0 heterocycles. The van der Waals surface area contributed by atoms with Gasteiger partial charge in [0.2, 0.25) is 0 Å². The standard InChI is InChI=1S/C9H14S/c1-2-10-8-7-9-5-3-4-6-9/h3,5-6H,2,4,7-8H2,1H3. The summed E-state index contributed by atoms with van der Waals surface area (Å²) < 4.78 is 0. The van der Waals surface area contributed by atoms with Gasteiger partial charge in [0.25, 0.3) is 0 Å². The molecule has 0 fully saturated rings. The first kappa shape index (κ1) is 7.93. The Balaban J connectivity index is 2.08. The Kier molecular flexibility index (Phi) is 3.66. The van der Waals surface area contributed by atoms with Crippen molar-refractivity contribution in [3.8, 4) is 0 Å². The van der Waals surface area contributed by atoms with Crippen molar-refractivity contribution in [2.75, 3.05) is 11.5 Å². The molecule has 0 N–H and O–H groups in total. The molecule has 1 aliphatic rings. The molecule has 0 aromatic rings. The van der Waals surface area contributed by atoms with Crippen LogP contribution in [0.15, 0.2) is 23.8 Å². The van der Waals surface area contributed by atoms with E-state index in [-0.39, 0.29) is 0 Å². The summed E-state index contributed by atoms with van der Waals surface area (Å²) in [5.41, 5.74) is 1.53. The van der Waals surface area contributed by atoms with Crippen molar-refractivity contribution in [3.63, 3.8) is 0 Å². The SMILES string of the molecule is CCSCCC1=CCC=C1. The number of hydrogen-bond donors (Lipinski definition) is 0. The minimum Gasteiger partial charge on any atom is -0.162 e. The van der Waals surface area contributed by atoms with Crippen molar-refractivity contribution in [2.24, 2.45) is 0 Å². The first-order chi connectivity index (χ1) is 4.93. The fourth-order valence-electron chi connectivity index (χ4n) is 1.03. The van der Waals surface area contributed by atoms with Gasteiger partial charge in [-0.3, -0.25) is 0 Å². The maximum atomic E-state index is 2.32. The molecule has 0 spiro atoms. The molecule has 0 aliphatic heterocycles. The zero-order chi connectivity index (χ0) is 7.23. The Labute approximate surface area is 67.4 Å². The number of hydrogen-bond acceptors (Lipinski definition) is 1. The van der Waals surface area contributed by atoms with Crippen LogP contribution in [0.4, 0.5) is 0 Å². The number of allylic oxidation sites excluding steroid dienone is 4. The van der Waals surface area contributed by atoms with Gasteiger partial charge in [-0.05, 0) is 24.3 Å². The zero-order valence-corrected chi connectivity index (χ0v) is 7.29. The van der Waals surface area contributed by atoms with Crippen LogP contribution in [-0.2, 0) is 0 Å². The van der Waals surface area contributed by atoms with Gasteiger partial charge in [0, 0.05) is 0 Å². The molecule has 10 heavy (non-hydrogen) atoms. The Morgan fingerprint density at radius 1 is 1.60 bits per heavy atom. The van der Waals surface area contributed by atoms with Crippen LogP contribution in [0.3, 0.4) is 0 Å². The highest BCUT2D eigenvalue weighted by Gasteiger charge is 1.95. The normalized spacial score (nSPS) is 15.9. The van der Waals surface area contributed by atoms with E-state index >= 15 is 0 Å². The lowest BCUT2D eigenvalue weighted by atomic mass is 10.2. The first-order valence-corrected chi connectivity index (χ1v) is 5.02. The molecule has 1 rings (SSSR count). The summed E-state index contributed by atoms with van der Waals surface area (Å²) in [6.07, 6.45) is 9.21. The Morgan fingerprint density at radius 2 is 2.50 bits per heavy atom. The molecule has 56 valence electrons. The van der Waals surface area contributed by atoms with Crippen LogP contribution in [0.1, 0.15) is 19.8 Å². The van der Waals surface area contributed by atoms with Crippen LogP contribution in [0.2, 0.25) is 0 Å². The lowest BCUT2D eigenvalue weighted by molar-refractivity contribution is 1.17. The maximum absolute atomic E-state index is 2.32. The van der Waals surface area contributed by atoms with E-state index in [1.165, 1.54) is 23.5 Å². The van der Waals surface area contributed by atoms with E-state index in [0.717, 1.165) is 6.42 Å². The van der Waals surface area contributed by atoms with Crippen molar-refractivity contribution in [3.05, 3.63) is 23.8 Å². The summed E-state index contributed by atoms with van der Waals surface area (Å²) in [6, 6.07) is 0. The molecule has 0 aromatic carbocycles. The summed E-state index contributed by atoms with van der Waals surface area (Å²) in [6.45, 7) is 2.21. The predicted octanol–water partition coefficient (Wildman–Crippen LogP) is 3.02. The highest BCUT2D eigenvalue weighted by molar-refractivity contribution is 7.99. The largest absolute Gasteiger partial charge is 0.162 e. The third-order valence-corrected chi connectivity index (χ3v) is 2.49. The third kappa shape index (κ3) is 2.61. The molecule has 0 aromatic heterocycles. The minimum atomic E-state index is 1.16. The Hall–Kier alpha value is -0.170. The topological polar surface area (TPSA) is 0 Å². The summed E-state index contributed by atoms with van der Waals surface area (Å²) in [7, 11) is 0. The number of rotatable bonds is 4. The van der Waals surface area contributed by atoms with Crippen LogP contribution in [0.25, 0.3) is 0 Å². The highest BCUT2D eigenvalue weighted by atomic mass is 32.2. The monoisotopic (exact) mass is 154 g/mol. The van der Waals surface area contributed by atoms with Crippen LogP contribution in [0, 0.1) is 0 Å². The van der Waals surface area contributed by atoms with E-state index in [4.69, 9.17) is 0 Å². The fourth-order valence-corrected chi connectivity index (χ4v) is 1.70. The van der Waals surface area contributed by atoms with Gasteiger partial charge in [0.15, 0.2) is 0 Å².